The van der Waals surface area contributed by atoms with E-state index in [-0.39, 0.29) is 11.7 Å². The number of hydrogen-bond acceptors (Lipinski definition) is 6. The van der Waals surface area contributed by atoms with Crippen LogP contribution >= 0.6 is 23.4 Å². The maximum Gasteiger partial charge on any atom is 0.234 e. The highest BCUT2D eigenvalue weighted by Crippen LogP contribution is 2.28. The van der Waals surface area contributed by atoms with E-state index in [4.69, 9.17) is 21.1 Å². The molecule has 0 fully saturated rings. The molecule has 7 nitrogen and oxygen atoms in total. The van der Waals surface area contributed by atoms with Crippen molar-refractivity contribution >= 4 is 35.0 Å². The highest BCUT2D eigenvalue weighted by molar-refractivity contribution is 7.99. The van der Waals surface area contributed by atoms with Gasteiger partial charge in [-0.25, -0.2) is 0 Å². The first-order valence-corrected chi connectivity index (χ1v) is 10.2. The third-order valence-electron chi connectivity index (χ3n) is 4.08. The van der Waals surface area contributed by atoms with Crippen molar-refractivity contribution in [2.75, 3.05) is 18.2 Å². The Bertz CT molecular complexity index is 992. The van der Waals surface area contributed by atoms with Crippen LogP contribution in [-0.2, 0) is 18.4 Å². The smallest absolute Gasteiger partial charge is 0.234 e. The lowest BCUT2D eigenvalue weighted by atomic mass is 10.2. The fourth-order valence-electron chi connectivity index (χ4n) is 2.47. The van der Waals surface area contributed by atoms with Gasteiger partial charge in [0.25, 0.3) is 0 Å². The van der Waals surface area contributed by atoms with Crippen molar-refractivity contribution in [3.8, 4) is 11.5 Å². The summed E-state index contributed by atoms with van der Waals surface area (Å²) in [7, 11) is 3.38. The minimum absolute atomic E-state index is 0.167. The minimum Gasteiger partial charge on any atom is -0.495 e. The van der Waals surface area contributed by atoms with E-state index in [2.05, 4.69) is 15.5 Å². The number of nitrogens with zero attached hydrogens (tertiary/aromatic N) is 3. The standard InChI is InChI=1S/C20H21ClN4O3S/c1-13-4-7-15(8-5-13)28-11-18-23-24-20(25(18)2)29-12-19(26)22-16-10-14(21)6-9-17(16)27-3/h4-10H,11-12H2,1-3H3,(H,22,26). The number of halogens is 1. The van der Waals surface area contributed by atoms with Gasteiger partial charge < -0.3 is 19.4 Å². The first-order chi connectivity index (χ1) is 14.0. The summed E-state index contributed by atoms with van der Waals surface area (Å²) in [5, 5.41) is 12.2. The van der Waals surface area contributed by atoms with Gasteiger partial charge in [0, 0.05) is 12.1 Å². The van der Waals surface area contributed by atoms with E-state index in [1.165, 1.54) is 24.4 Å². The predicted octanol–water partition coefficient (Wildman–Crippen LogP) is 4.10. The number of benzene rings is 2. The molecule has 1 heterocycles. The molecule has 0 bridgehead atoms. The van der Waals surface area contributed by atoms with Crippen LogP contribution in [0.1, 0.15) is 11.4 Å². The lowest BCUT2D eigenvalue weighted by molar-refractivity contribution is -0.113. The topological polar surface area (TPSA) is 78.3 Å². The molecule has 0 aliphatic heterocycles. The number of ether oxygens (including phenoxy) is 2. The SMILES string of the molecule is COc1ccc(Cl)cc1NC(=O)CSc1nnc(COc2ccc(C)cc2)n1C. The number of nitrogens with one attached hydrogen (secondary N) is 1. The van der Waals surface area contributed by atoms with Crippen LogP contribution in [0.25, 0.3) is 0 Å². The van der Waals surface area contributed by atoms with Crippen LogP contribution in [0.2, 0.25) is 5.02 Å². The van der Waals surface area contributed by atoms with Crippen molar-refractivity contribution in [2.24, 2.45) is 7.05 Å². The first-order valence-electron chi connectivity index (χ1n) is 8.80. The number of aromatic nitrogens is 3. The number of hydrogen-bond donors (Lipinski definition) is 1. The van der Waals surface area contributed by atoms with Crippen molar-refractivity contribution < 1.29 is 14.3 Å². The molecule has 1 aromatic heterocycles. The van der Waals surface area contributed by atoms with Gasteiger partial charge in [0.2, 0.25) is 5.91 Å². The molecule has 0 atom stereocenters. The number of anilines is 1. The Morgan fingerprint density at radius 2 is 1.97 bits per heavy atom. The second kappa shape index (κ2) is 9.67. The van der Waals surface area contributed by atoms with Gasteiger partial charge in [0.15, 0.2) is 11.0 Å². The van der Waals surface area contributed by atoms with E-state index >= 15 is 0 Å². The Morgan fingerprint density at radius 1 is 1.21 bits per heavy atom. The largest absolute Gasteiger partial charge is 0.495 e. The molecule has 0 unspecified atom stereocenters. The van der Waals surface area contributed by atoms with Crippen LogP contribution < -0.4 is 14.8 Å². The van der Waals surface area contributed by atoms with Gasteiger partial charge in [0.05, 0.1) is 18.6 Å². The average Bonchev–Trinajstić information content (AvgIpc) is 3.06. The number of rotatable bonds is 8. The molecule has 1 amide bonds. The van der Waals surface area contributed by atoms with Crippen LogP contribution in [0.4, 0.5) is 5.69 Å². The number of aryl methyl sites for hydroxylation is 1. The van der Waals surface area contributed by atoms with E-state index in [1.807, 2.05) is 42.8 Å². The summed E-state index contributed by atoms with van der Waals surface area (Å²) in [4.78, 5) is 12.3. The number of carbonyl (C=O) groups excluding carboxylic acids is 1. The van der Waals surface area contributed by atoms with Crippen molar-refractivity contribution in [1.29, 1.82) is 0 Å². The van der Waals surface area contributed by atoms with E-state index in [1.54, 1.807) is 18.2 Å². The van der Waals surface area contributed by atoms with Gasteiger partial charge in [-0.3, -0.25) is 4.79 Å². The summed E-state index contributed by atoms with van der Waals surface area (Å²) in [5.41, 5.74) is 1.69. The molecule has 0 radical (unpaired) electrons. The van der Waals surface area contributed by atoms with Crippen molar-refractivity contribution in [3.63, 3.8) is 0 Å². The third kappa shape index (κ3) is 5.65. The number of methoxy groups -OCH3 is 1. The summed E-state index contributed by atoms with van der Waals surface area (Å²) in [6.07, 6.45) is 0. The number of amides is 1. The van der Waals surface area contributed by atoms with Crippen molar-refractivity contribution in [3.05, 3.63) is 58.9 Å². The Balaban J connectivity index is 1.55. The average molecular weight is 433 g/mol. The molecule has 29 heavy (non-hydrogen) atoms. The van der Waals surface area contributed by atoms with Crippen LogP contribution in [0.3, 0.4) is 0 Å². The van der Waals surface area contributed by atoms with Gasteiger partial charge in [-0.2, -0.15) is 0 Å². The minimum atomic E-state index is -0.198. The van der Waals surface area contributed by atoms with E-state index < -0.39 is 0 Å². The van der Waals surface area contributed by atoms with Gasteiger partial charge >= 0.3 is 0 Å². The van der Waals surface area contributed by atoms with Crippen LogP contribution in [0.5, 0.6) is 11.5 Å². The maximum absolute atomic E-state index is 12.3. The van der Waals surface area contributed by atoms with E-state index in [0.717, 1.165) is 5.75 Å². The molecular formula is C20H21ClN4O3S. The highest BCUT2D eigenvalue weighted by Gasteiger charge is 2.13. The van der Waals surface area contributed by atoms with Gasteiger partial charge in [-0.15, -0.1) is 10.2 Å². The van der Waals surface area contributed by atoms with E-state index in [9.17, 15) is 4.79 Å². The molecular weight excluding hydrogens is 412 g/mol. The van der Waals surface area contributed by atoms with Crippen molar-refractivity contribution in [2.45, 2.75) is 18.7 Å². The second-order valence-electron chi connectivity index (χ2n) is 6.24. The fourth-order valence-corrected chi connectivity index (χ4v) is 3.38. The maximum atomic E-state index is 12.3. The molecule has 3 rings (SSSR count). The molecule has 2 aromatic carbocycles. The number of carbonyl (C=O) groups is 1. The zero-order valence-corrected chi connectivity index (χ0v) is 17.9. The lowest BCUT2D eigenvalue weighted by Gasteiger charge is -2.10. The molecule has 152 valence electrons. The van der Waals surface area contributed by atoms with Gasteiger partial charge in [-0.05, 0) is 37.3 Å². The molecule has 0 spiro atoms. The number of thioether (sulfide) groups is 1. The van der Waals surface area contributed by atoms with E-state index in [0.29, 0.717) is 34.0 Å². The quantitative estimate of drug-likeness (QED) is 0.540. The molecule has 0 aliphatic carbocycles. The third-order valence-corrected chi connectivity index (χ3v) is 5.34. The Morgan fingerprint density at radius 3 is 2.69 bits per heavy atom. The second-order valence-corrected chi connectivity index (χ2v) is 7.62. The zero-order chi connectivity index (χ0) is 20.8. The normalized spacial score (nSPS) is 10.6. The molecule has 0 saturated carbocycles. The summed E-state index contributed by atoms with van der Waals surface area (Å²) in [5.74, 6) is 1.95. The molecule has 0 saturated heterocycles. The first kappa shape index (κ1) is 21.0. The van der Waals surface area contributed by atoms with Crippen LogP contribution in [0, 0.1) is 6.92 Å². The molecule has 0 aliphatic rings. The summed E-state index contributed by atoms with van der Waals surface area (Å²) < 4.78 is 12.8. The molecule has 3 aromatic rings. The Kier molecular flexibility index (Phi) is 7.00. The lowest BCUT2D eigenvalue weighted by Crippen LogP contribution is -2.15. The highest BCUT2D eigenvalue weighted by atomic mass is 35.5. The van der Waals surface area contributed by atoms with Crippen LogP contribution in [-0.4, -0.2) is 33.5 Å². The van der Waals surface area contributed by atoms with Gasteiger partial charge in [-0.1, -0.05) is 41.1 Å². The monoisotopic (exact) mass is 432 g/mol. The Labute approximate surface area is 178 Å². The Hall–Kier alpha value is -2.71. The summed E-state index contributed by atoms with van der Waals surface area (Å²) in [6, 6.07) is 12.8. The molecule has 1 N–H and O–H groups in total. The summed E-state index contributed by atoms with van der Waals surface area (Å²) in [6.45, 7) is 2.31. The van der Waals surface area contributed by atoms with Crippen LogP contribution in [0.15, 0.2) is 47.6 Å². The molecule has 9 heteroatoms. The van der Waals surface area contributed by atoms with Gasteiger partial charge in [0.1, 0.15) is 18.1 Å². The van der Waals surface area contributed by atoms with Crippen molar-refractivity contribution in [1.82, 2.24) is 14.8 Å². The zero-order valence-electron chi connectivity index (χ0n) is 16.3. The predicted molar refractivity (Wildman–Crippen MR) is 114 cm³/mol. The fraction of sp³-hybridized carbons (Fsp3) is 0.250. The summed E-state index contributed by atoms with van der Waals surface area (Å²) >= 11 is 7.27.